The summed E-state index contributed by atoms with van der Waals surface area (Å²) in [5.74, 6) is -3.33. The van der Waals surface area contributed by atoms with E-state index in [2.05, 4.69) is 5.10 Å². The Kier molecular flexibility index (Phi) is 3.66. The molecule has 23 heavy (non-hydrogen) atoms. The first-order chi connectivity index (χ1) is 10.5. The van der Waals surface area contributed by atoms with Gasteiger partial charge in [0.2, 0.25) is 0 Å². The third-order valence-corrected chi connectivity index (χ3v) is 7.08. The molecule has 1 atom stereocenters. The minimum Gasteiger partial charge on any atom is -0.382 e. The van der Waals surface area contributed by atoms with Crippen molar-refractivity contribution in [3.8, 4) is 10.6 Å². The van der Waals surface area contributed by atoms with Gasteiger partial charge in [-0.2, -0.15) is 5.10 Å². The molecular weight excluding hydrogens is 346 g/mol. The van der Waals surface area contributed by atoms with Crippen molar-refractivity contribution in [1.82, 2.24) is 9.78 Å². The van der Waals surface area contributed by atoms with Crippen LogP contribution >= 0.6 is 11.3 Å². The topological polar surface area (TPSA) is 72.2 Å². The Labute approximate surface area is 136 Å². The molecule has 0 spiro atoms. The predicted octanol–water partition coefficient (Wildman–Crippen LogP) is 2.48. The Bertz CT molecular complexity index is 884. The number of fused-ring (bicyclic) bond motifs is 1. The zero-order valence-electron chi connectivity index (χ0n) is 12.8. The number of hydrogen-bond donors (Lipinski definition) is 1. The lowest BCUT2D eigenvalue weighted by atomic mass is 9.88. The number of nitrogens with zero attached hydrogens (tertiary/aromatic N) is 2. The molecule has 2 heterocycles. The maximum atomic E-state index is 13.9. The second-order valence-electron chi connectivity index (χ2n) is 5.84. The zero-order valence-corrected chi connectivity index (χ0v) is 14.4. The van der Waals surface area contributed by atoms with Crippen LogP contribution in [-0.2, 0) is 23.3 Å². The van der Waals surface area contributed by atoms with Crippen molar-refractivity contribution < 1.29 is 22.3 Å². The van der Waals surface area contributed by atoms with Gasteiger partial charge in [-0.05, 0) is 25.0 Å². The number of halogens is 2. The van der Waals surface area contributed by atoms with Crippen LogP contribution in [0.5, 0.6) is 0 Å². The molecule has 1 N–H and O–H groups in total. The number of aromatic nitrogens is 2. The van der Waals surface area contributed by atoms with E-state index < -0.39 is 28.3 Å². The standard InChI is InChI=1S/C14H16F2N2O3S2/c1-7-6-9(18(2)17-7)11-8-4-5-14(15,16)12(19)10(8)13(22-11)23(3,20)21/h6,12,19H,4-5H2,1-3H3/t12-/m0/s1. The molecule has 0 radical (unpaired) electrons. The Morgan fingerprint density at radius 2 is 2.13 bits per heavy atom. The summed E-state index contributed by atoms with van der Waals surface area (Å²) in [6, 6.07) is 1.78. The summed E-state index contributed by atoms with van der Waals surface area (Å²) in [4.78, 5) is 0.582. The third-order valence-electron chi connectivity index (χ3n) is 3.97. The number of thiophene rings is 1. The lowest BCUT2D eigenvalue weighted by Crippen LogP contribution is -2.32. The molecule has 1 aliphatic rings. The fourth-order valence-corrected chi connectivity index (χ4v) is 5.58. The largest absolute Gasteiger partial charge is 0.382 e. The summed E-state index contributed by atoms with van der Waals surface area (Å²) in [5.41, 5.74) is 1.74. The fraction of sp³-hybridized carbons (Fsp3) is 0.500. The van der Waals surface area contributed by atoms with Gasteiger partial charge in [0, 0.05) is 25.3 Å². The lowest BCUT2D eigenvalue weighted by molar-refractivity contribution is -0.122. The molecule has 0 bridgehead atoms. The molecule has 9 heteroatoms. The van der Waals surface area contributed by atoms with Crippen LogP contribution in [0.15, 0.2) is 10.3 Å². The SMILES string of the molecule is Cc1cc(-c2sc(S(C)(=O)=O)c3c2CCC(F)(F)[C@H]3O)n(C)n1. The van der Waals surface area contributed by atoms with E-state index in [1.807, 2.05) is 0 Å². The van der Waals surface area contributed by atoms with Crippen molar-refractivity contribution in [2.45, 2.75) is 36.0 Å². The summed E-state index contributed by atoms with van der Waals surface area (Å²) in [7, 11) is -2.01. The molecule has 0 aliphatic heterocycles. The van der Waals surface area contributed by atoms with Crippen LogP contribution in [0.25, 0.3) is 10.6 Å². The highest BCUT2D eigenvalue weighted by molar-refractivity contribution is 7.92. The van der Waals surface area contributed by atoms with Crippen molar-refractivity contribution in [3.05, 3.63) is 22.9 Å². The smallest absolute Gasteiger partial charge is 0.277 e. The van der Waals surface area contributed by atoms with Crippen molar-refractivity contribution in [3.63, 3.8) is 0 Å². The van der Waals surface area contributed by atoms with Gasteiger partial charge in [0.15, 0.2) is 9.84 Å². The van der Waals surface area contributed by atoms with Gasteiger partial charge >= 0.3 is 0 Å². The molecule has 3 rings (SSSR count). The van der Waals surface area contributed by atoms with Gasteiger partial charge in [0.05, 0.1) is 16.3 Å². The molecule has 126 valence electrons. The third kappa shape index (κ3) is 2.60. The zero-order chi connectivity index (χ0) is 17.2. The molecule has 2 aromatic rings. The average molecular weight is 362 g/mol. The monoisotopic (exact) mass is 362 g/mol. The first-order valence-electron chi connectivity index (χ1n) is 6.95. The normalized spacial score (nSPS) is 20.5. The number of alkyl halides is 2. The van der Waals surface area contributed by atoms with Gasteiger partial charge in [-0.1, -0.05) is 0 Å². The molecule has 0 amide bonds. The van der Waals surface area contributed by atoms with E-state index in [9.17, 15) is 22.3 Å². The van der Waals surface area contributed by atoms with Crippen LogP contribution in [0.4, 0.5) is 8.78 Å². The number of sulfone groups is 1. The molecule has 5 nitrogen and oxygen atoms in total. The van der Waals surface area contributed by atoms with E-state index in [1.165, 1.54) is 0 Å². The summed E-state index contributed by atoms with van der Waals surface area (Å²) >= 11 is 0.925. The number of aliphatic hydroxyl groups excluding tert-OH is 1. The molecular formula is C14H16F2N2O3S2. The van der Waals surface area contributed by atoms with E-state index in [-0.39, 0.29) is 16.2 Å². The van der Waals surface area contributed by atoms with E-state index in [0.717, 1.165) is 23.3 Å². The highest BCUT2D eigenvalue weighted by atomic mass is 32.2. The van der Waals surface area contributed by atoms with Gasteiger partial charge < -0.3 is 5.11 Å². The van der Waals surface area contributed by atoms with E-state index in [0.29, 0.717) is 16.1 Å². The maximum Gasteiger partial charge on any atom is 0.277 e. The molecule has 1 aliphatic carbocycles. The van der Waals surface area contributed by atoms with Crippen LogP contribution in [0.2, 0.25) is 0 Å². The minimum atomic E-state index is -3.73. The van der Waals surface area contributed by atoms with Crippen molar-refractivity contribution in [2.24, 2.45) is 7.05 Å². The Morgan fingerprint density at radius 3 is 2.65 bits per heavy atom. The van der Waals surface area contributed by atoms with Crippen LogP contribution in [0, 0.1) is 6.92 Å². The quantitative estimate of drug-likeness (QED) is 0.891. The number of hydrogen-bond acceptors (Lipinski definition) is 5. The number of rotatable bonds is 2. The summed E-state index contributed by atoms with van der Waals surface area (Å²) in [5, 5.41) is 14.3. The number of aryl methyl sites for hydroxylation is 2. The Morgan fingerprint density at radius 1 is 1.48 bits per heavy atom. The minimum absolute atomic E-state index is 0.0188. The van der Waals surface area contributed by atoms with Crippen LogP contribution < -0.4 is 0 Å². The first kappa shape index (κ1) is 16.5. The van der Waals surface area contributed by atoms with Crippen molar-refractivity contribution in [1.29, 1.82) is 0 Å². The van der Waals surface area contributed by atoms with E-state index in [1.54, 1.807) is 24.7 Å². The molecule has 0 fully saturated rings. The van der Waals surface area contributed by atoms with Gasteiger partial charge in [-0.3, -0.25) is 4.68 Å². The van der Waals surface area contributed by atoms with Gasteiger partial charge in [0.25, 0.3) is 5.92 Å². The van der Waals surface area contributed by atoms with E-state index >= 15 is 0 Å². The summed E-state index contributed by atoms with van der Waals surface area (Å²) < 4.78 is 53.2. The first-order valence-corrected chi connectivity index (χ1v) is 9.65. The van der Waals surface area contributed by atoms with Crippen LogP contribution in [0.3, 0.4) is 0 Å². The molecule has 2 aromatic heterocycles. The average Bonchev–Trinajstić information content (AvgIpc) is 2.94. The molecule has 0 aromatic carbocycles. The predicted molar refractivity (Wildman–Crippen MR) is 82.6 cm³/mol. The number of aliphatic hydroxyl groups is 1. The van der Waals surface area contributed by atoms with Crippen LogP contribution in [0.1, 0.15) is 29.3 Å². The van der Waals surface area contributed by atoms with Gasteiger partial charge in [-0.15, -0.1) is 11.3 Å². The molecule has 0 saturated heterocycles. The molecule has 0 saturated carbocycles. The highest BCUT2D eigenvalue weighted by Gasteiger charge is 2.47. The fourth-order valence-electron chi connectivity index (χ4n) is 2.92. The highest BCUT2D eigenvalue weighted by Crippen LogP contribution is 2.50. The van der Waals surface area contributed by atoms with Crippen molar-refractivity contribution in [2.75, 3.05) is 6.26 Å². The summed E-state index contributed by atoms with van der Waals surface area (Å²) in [6.07, 6.45) is -1.62. The Hall–Kier alpha value is -1.32. The van der Waals surface area contributed by atoms with Gasteiger partial charge in [-0.25, -0.2) is 17.2 Å². The second-order valence-corrected chi connectivity index (χ2v) is 9.07. The van der Waals surface area contributed by atoms with E-state index in [4.69, 9.17) is 0 Å². The molecule has 0 unspecified atom stereocenters. The van der Waals surface area contributed by atoms with Gasteiger partial charge in [0.1, 0.15) is 10.3 Å². The summed E-state index contributed by atoms with van der Waals surface area (Å²) in [6.45, 7) is 1.80. The second kappa shape index (κ2) is 5.09. The Balaban J connectivity index is 2.32. The maximum absolute atomic E-state index is 13.9. The van der Waals surface area contributed by atoms with Crippen LogP contribution in [-0.4, -0.2) is 35.5 Å². The lowest BCUT2D eigenvalue weighted by Gasteiger charge is -2.28. The van der Waals surface area contributed by atoms with Crippen molar-refractivity contribution >= 4 is 21.2 Å².